The molecule has 2 aromatic heterocycles. The highest BCUT2D eigenvalue weighted by Gasteiger charge is 2.15. The second-order valence-electron chi connectivity index (χ2n) is 4.21. The minimum Gasteiger partial charge on any atom is -0.480 e. The fraction of sp³-hybridized carbons (Fsp3) is 0.308. The van der Waals surface area contributed by atoms with Gasteiger partial charge >= 0.3 is 5.97 Å². The molecular formula is C13H15N3O3S. The molecule has 1 amide bonds. The van der Waals surface area contributed by atoms with Crippen LogP contribution >= 0.6 is 11.8 Å². The zero-order valence-corrected chi connectivity index (χ0v) is 11.5. The van der Waals surface area contributed by atoms with E-state index in [-0.39, 0.29) is 0 Å². The maximum atomic E-state index is 10.8. The lowest BCUT2D eigenvalue weighted by Crippen LogP contribution is -2.36. The Labute approximate surface area is 120 Å². The molecule has 7 heteroatoms. The lowest BCUT2D eigenvalue weighted by molar-refractivity contribution is -0.140. The fourth-order valence-corrected chi connectivity index (χ4v) is 2.69. The number of carboxylic acid groups (broad SMARTS) is 1. The first-order valence-electron chi connectivity index (χ1n) is 6.13. The van der Waals surface area contributed by atoms with E-state index in [4.69, 9.17) is 5.11 Å². The van der Waals surface area contributed by atoms with Crippen molar-refractivity contribution in [1.82, 2.24) is 14.7 Å². The summed E-state index contributed by atoms with van der Waals surface area (Å²) in [6.07, 6.45) is 4.71. The summed E-state index contributed by atoms with van der Waals surface area (Å²) in [6, 6.07) is 4.99. The number of nitrogens with zero attached hydrogens (tertiary/aromatic N) is 2. The average molecular weight is 293 g/mol. The molecule has 0 aliphatic carbocycles. The van der Waals surface area contributed by atoms with Gasteiger partial charge in [0.05, 0.1) is 5.69 Å². The number of nitrogens with one attached hydrogen (secondary N) is 1. The van der Waals surface area contributed by atoms with E-state index in [0.29, 0.717) is 18.6 Å². The maximum absolute atomic E-state index is 10.8. The second kappa shape index (κ2) is 6.95. The third kappa shape index (κ3) is 3.74. The van der Waals surface area contributed by atoms with Crippen molar-refractivity contribution in [1.29, 1.82) is 0 Å². The van der Waals surface area contributed by atoms with Crippen molar-refractivity contribution < 1.29 is 14.7 Å². The SMILES string of the molecule is O=CNC(CCSCc1cn2ccccc2n1)C(=O)O. The Balaban J connectivity index is 1.80. The molecule has 0 bridgehead atoms. The number of fused-ring (bicyclic) bond motifs is 1. The molecule has 20 heavy (non-hydrogen) atoms. The topological polar surface area (TPSA) is 83.7 Å². The summed E-state index contributed by atoms with van der Waals surface area (Å²) < 4.78 is 1.95. The van der Waals surface area contributed by atoms with Crippen LogP contribution in [0.15, 0.2) is 30.6 Å². The summed E-state index contributed by atoms with van der Waals surface area (Å²) in [5, 5.41) is 11.2. The maximum Gasteiger partial charge on any atom is 0.326 e. The smallest absolute Gasteiger partial charge is 0.326 e. The summed E-state index contributed by atoms with van der Waals surface area (Å²) in [4.78, 5) is 25.6. The predicted octanol–water partition coefficient (Wildman–Crippen LogP) is 1.16. The van der Waals surface area contributed by atoms with Crippen LogP contribution in [0.2, 0.25) is 0 Å². The van der Waals surface area contributed by atoms with Gasteiger partial charge < -0.3 is 14.8 Å². The minimum atomic E-state index is -1.01. The Morgan fingerprint density at radius 2 is 2.40 bits per heavy atom. The molecule has 2 aromatic rings. The van der Waals surface area contributed by atoms with Crippen molar-refractivity contribution in [2.75, 3.05) is 5.75 Å². The summed E-state index contributed by atoms with van der Waals surface area (Å²) >= 11 is 1.60. The monoisotopic (exact) mass is 293 g/mol. The fourth-order valence-electron chi connectivity index (χ4n) is 1.79. The number of aliphatic carboxylic acids is 1. The molecule has 1 unspecified atom stereocenters. The number of amides is 1. The van der Waals surface area contributed by atoms with Gasteiger partial charge in [0.25, 0.3) is 0 Å². The minimum absolute atomic E-state index is 0.395. The Morgan fingerprint density at radius 3 is 3.10 bits per heavy atom. The van der Waals surface area contributed by atoms with E-state index in [2.05, 4.69) is 10.3 Å². The number of imidazole rings is 1. The summed E-state index contributed by atoms with van der Waals surface area (Å²) in [5.41, 5.74) is 1.85. The summed E-state index contributed by atoms with van der Waals surface area (Å²) in [7, 11) is 0. The molecule has 6 nitrogen and oxygen atoms in total. The van der Waals surface area contributed by atoms with Crippen molar-refractivity contribution >= 4 is 29.8 Å². The lowest BCUT2D eigenvalue weighted by atomic mass is 10.2. The highest BCUT2D eigenvalue weighted by Crippen LogP contribution is 2.14. The van der Waals surface area contributed by atoms with E-state index < -0.39 is 12.0 Å². The normalized spacial score (nSPS) is 12.2. The highest BCUT2D eigenvalue weighted by atomic mass is 32.2. The molecule has 2 N–H and O–H groups in total. The molecule has 0 fully saturated rings. The van der Waals surface area contributed by atoms with Gasteiger partial charge in [0.1, 0.15) is 11.7 Å². The standard InChI is InChI=1S/C13H15N3O3S/c17-9-14-11(13(18)19)4-6-20-8-10-7-16-5-2-1-3-12(16)15-10/h1-3,5,7,9,11H,4,6,8H2,(H,14,17)(H,18,19). The van der Waals surface area contributed by atoms with Crippen LogP contribution in [-0.2, 0) is 15.3 Å². The van der Waals surface area contributed by atoms with Crippen molar-refractivity contribution in [3.8, 4) is 0 Å². The van der Waals surface area contributed by atoms with Crippen molar-refractivity contribution in [2.45, 2.75) is 18.2 Å². The third-order valence-electron chi connectivity index (χ3n) is 2.78. The van der Waals surface area contributed by atoms with Crippen LogP contribution in [-0.4, -0.2) is 38.7 Å². The Kier molecular flexibility index (Phi) is 5.00. The van der Waals surface area contributed by atoms with Crippen molar-refractivity contribution in [2.24, 2.45) is 0 Å². The Bertz CT molecular complexity index is 566. The van der Waals surface area contributed by atoms with E-state index in [0.717, 1.165) is 17.1 Å². The molecular weight excluding hydrogens is 278 g/mol. The van der Waals surface area contributed by atoms with Crippen molar-refractivity contribution in [3.05, 3.63) is 36.3 Å². The molecule has 0 radical (unpaired) electrons. The molecule has 0 saturated carbocycles. The molecule has 0 aliphatic heterocycles. The van der Waals surface area contributed by atoms with Gasteiger partial charge in [-0.3, -0.25) is 4.79 Å². The number of hydrogen-bond acceptors (Lipinski definition) is 4. The van der Waals surface area contributed by atoms with Crippen LogP contribution in [0, 0.1) is 0 Å². The zero-order chi connectivity index (χ0) is 14.4. The Morgan fingerprint density at radius 1 is 1.55 bits per heavy atom. The molecule has 0 aliphatic rings. The number of carbonyl (C=O) groups is 2. The number of pyridine rings is 1. The largest absolute Gasteiger partial charge is 0.480 e. The quantitative estimate of drug-likeness (QED) is 0.563. The molecule has 0 aromatic carbocycles. The molecule has 2 rings (SSSR count). The number of carbonyl (C=O) groups excluding carboxylic acids is 1. The number of carboxylic acids is 1. The molecule has 1 atom stereocenters. The first-order chi connectivity index (χ1) is 9.70. The van der Waals surface area contributed by atoms with Gasteiger partial charge in [0.2, 0.25) is 6.41 Å². The van der Waals surface area contributed by atoms with Crippen LogP contribution in [0.25, 0.3) is 5.65 Å². The van der Waals surface area contributed by atoms with E-state index >= 15 is 0 Å². The van der Waals surface area contributed by atoms with Crippen molar-refractivity contribution in [3.63, 3.8) is 0 Å². The molecule has 0 spiro atoms. The van der Waals surface area contributed by atoms with E-state index in [1.165, 1.54) is 0 Å². The van der Waals surface area contributed by atoms with Gasteiger partial charge in [-0.2, -0.15) is 11.8 Å². The van der Waals surface area contributed by atoms with E-state index in [1.54, 1.807) is 11.8 Å². The first-order valence-corrected chi connectivity index (χ1v) is 7.29. The number of hydrogen-bond donors (Lipinski definition) is 2. The van der Waals surface area contributed by atoms with E-state index in [1.807, 2.05) is 35.0 Å². The van der Waals surface area contributed by atoms with Crippen LogP contribution in [0.5, 0.6) is 0 Å². The zero-order valence-electron chi connectivity index (χ0n) is 10.7. The van der Waals surface area contributed by atoms with Crippen LogP contribution < -0.4 is 5.32 Å². The first kappa shape index (κ1) is 14.4. The summed E-state index contributed by atoms with van der Waals surface area (Å²) in [5.74, 6) is 0.353. The Hall–Kier alpha value is -2.02. The van der Waals surface area contributed by atoms with Gasteiger partial charge in [0.15, 0.2) is 0 Å². The van der Waals surface area contributed by atoms with Crippen LogP contribution in [0.1, 0.15) is 12.1 Å². The summed E-state index contributed by atoms with van der Waals surface area (Å²) in [6.45, 7) is 0. The number of rotatable bonds is 8. The molecule has 2 heterocycles. The number of aromatic nitrogens is 2. The van der Waals surface area contributed by atoms with Gasteiger partial charge in [-0.25, -0.2) is 9.78 Å². The predicted molar refractivity (Wildman–Crippen MR) is 76.6 cm³/mol. The van der Waals surface area contributed by atoms with Gasteiger partial charge in [-0.15, -0.1) is 0 Å². The molecule has 106 valence electrons. The lowest BCUT2D eigenvalue weighted by Gasteiger charge is -2.09. The average Bonchev–Trinajstić information content (AvgIpc) is 2.84. The van der Waals surface area contributed by atoms with Crippen LogP contribution in [0.4, 0.5) is 0 Å². The van der Waals surface area contributed by atoms with Crippen LogP contribution in [0.3, 0.4) is 0 Å². The van der Waals surface area contributed by atoms with E-state index in [9.17, 15) is 9.59 Å². The van der Waals surface area contributed by atoms with Gasteiger partial charge in [-0.05, 0) is 24.3 Å². The third-order valence-corrected chi connectivity index (χ3v) is 3.81. The highest BCUT2D eigenvalue weighted by molar-refractivity contribution is 7.98. The van der Waals surface area contributed by atoms with Gasteiger partial charge in [-0.1, -0.05) is 6.07 Å². The van der Waals surface area contributed by atoms with Gasteiger partial charge in [0, 0.05) is 18.1 Å². The second-order valence-corrected chi connectivity index (χ2v) is 5.32. The molecule has 0 saturated heterocycles. The number of thioether (sulfide) groups is 1.